The van der Waals surface area contributed by atoms with Gasteiger partial charge < -0.3 is 9.47 Å². The number of methoxy groups -OCH3 is 1. The van der Waals surface area contributed by atoms with Crippen molar-refractivity contribution in [2.75, 3.05) is 7.11 Å². The molecule has 0 fully saturated rings. The van der Waals surface area contributed by atoms with Gasteiger partial charge in [-0.1, -0.05) is 6.58 Å². The fraction of sp³-hybridized carbons (Fsp3) is 0.231. The molecule has 0 aliphatic carbocycles. The van der Waals surface area contributed by atoms with Crippen molar-refractivity contribution in [3.63, 3.8) is 0 Å². The molecule has 1 rings (SSSR count). The average molecular weight is 234 g/mol. The Hall–Kier alpha value is -2.10. The highest BCUT2D eigenvalue weighted by Crippen LogP contribution is 2.28. The van der Waals surface area contributed by atoms with Gasteiger partial charge in [0.05, 0.1) is 7.11 Å². The second kappa shape index (κ2) is 5.30. The lowest BCUT2D eigenvalue weighted by Crippen LogP contribution is -2.09. The Morgan fingerprint density at radius 3 is 2.29 bits per heavy atom. The molecule has 0 saturated heterocycles. The van der Waals surface area contributed by atoms with Crippen molar-refractivity contribution < 1.29 is 19.1 Å². The monoisotopic (exact) mass is 234 g/mol. The Morgan fingerprint density at radius 2 is 1.82 bits per heavy atom. The quantitative estimate of drug-likeness (QED) is 0.347. The van der Waals surface area contributed by atoms with Gasteiger partial charge in [-0.3, -0.25) is 4.79 Å². The fourth-order valence-corrected chi connectivity index (χ4v) is 1.16. The van der Waals surface area contributed by atoms with E-state index in [1.165, 1.54) is 26.2 Å². The third kappa shape index (κ3) is 3.17. The number of ether oxygens (including phenoxy) is 2. The second-order valence-electron chi connectivity index (χ2n) is 3.59. The van der Waals surface area contributed by atoms with E-state index in [-0.39, 0.29) is 11.5 Å². The largest absolute Gasteiger partial charge is 0.493 e. The number of carbonyl (C=O) groups excluding carboxylic acids is 2. The molecular weight excluding hydrogens is 220 g/mol. The molecule has 0 spiro atoms. The highest BCUT2D eigenvalue weighted by Gasteiger charge is 2.12. The van der Waals surface area contributed by atoms with Crippen LogP contribution in [0.25, 0.3) is 0 Å². The maximum Gasteiger partial charge on any atom is 0.338 e. The molecule has 4 nitrogen and oxygen atoms in total. The Kier molecular flexibility index (Phi) is 4.04. The van der Waals surface area contributed by atoms with Gasteiger partial charge in [-0.15, -0.1) is 0 Å². The number of Topliss-reactive ketones (excluding diaryl/α,β-unsaturated/α-hetero) is 1. The molecule has 0 amide bonds. The van der Waals surface area contributed by atoms with E-state index in [1.54, 1.807) is 13.0 Å². The average Bonchev–Trinajstić information content (AvgIpc) is 2.28. The summed E-state index contributed by atoms with van der Waals surface area (Å²) in [7, 11) is 1.44. The zero-order chi connectivity index (χ0) is 13.0. The van der Waals surface area contributed by atoms with Gasteiger partial charge in [0.1, 0.15) is 0 Å². The van der Waals surface area contributed by atoms with Gasteiger partial charge in [0.25, 0.3) is 0 Å². The predicted octanol–water partition coefficient (Wildman–Crippen LogP) is 2.38. The van der Waals surface area contributed by atoms with E-state index in [0.717, 1.165) is 0 Å². The lowest BCUT2D eigenvalue weighted by molar-refractivity contribution is -0.130. The summed E-state index contributed by atoms with van der Waals surface area (Å²) in [5.74, 6) is -0.00208. The van der Waals surface area contributed by atoms with Crippen LogP contribution in [0.1, 0.15) is 24.2 Å². The highest BCUT2D eigenvalue weighted by molar-refractivity contribution is 5.95. The van der Waals surface area contributed by atoms with Crippen LogP contribution in [0, 0.1) is 0 Å². The Balaban J connectivity index is 3.05. The molecular formula is C13H14O4. The first-order chi connectivity index (χ1) is 7.95. The molecule has 90 valence electrons. The lowest BCUT2D eigenvalue weighted by Gasteiger charge is -2.09. The van der Waals surface area contributed by atoms with Crippen LogP contribution in [0.15, 0.2) is 30.4 Å². The number of benzene rings is 1. The summed E-state index contributed by atoms with van der Waals surface area (Å²) in [6.45, 7) is 6.49. The molecule has 0 aliphatic rings. The molecule has 0 aromatic heterocycles. The van der Waals surface area contributed by atoms with Crippen LogP contribution in [-0.4, -0.2) is 18.9 Å². The molecule has 0 aliphatic heterocycles. The summed E-state index contributed by atoms with van der Waals surface area (Å²) in [5.41, 5.74) is 0.791. The first-order valence-electron chi connectivity index (χ1n) is 5.02. The third-order valence-corrected chi connectivity index (χ3v) is 2.12. The summed E-state index contributed by atoms with van der Waals surface area (Å²) in [5, 5.41) is 0. The van der Waals surface area contributed by atoms with Crippen molar-refractivity contribution in [1.82, 2.24) is 0 Å². The molecule has 4 heteroatoms. The first-order valence-corrected chi connectivity index (χ1v) is 5.02. The van der Waals surface area contributed by atoms with Gasteiger partial charge in [-0.05, 0) is 32.0 Å². The van der Waals surface area contributed by atoms with Crippen molar-refractivity contribution in [3.8, 4) is 11.5 Å². The van der Waals surface area contributed by atoms with Crippen LogP contribution in [-0.2, 0) is 4.79 Å². The van der Waals surface area contributed by atoms with Crippen molar-refractivity contribution in [3.05, 3.63) is 35.9 Å². The number of hydrogen-bond acceptors (Lipinski definition) is 4. The van der Waals surface area contributed by atoms with Gasteiger partial charge in [-0.2, -0.15) is 0 Å². The van der Waals surface area contributed by atoms with E-state index in [2.05, 4.69) is 6.58 Å². The van der Waals surface area contributed by atoms with E-state index < -0.39 is 5.97 Å². The number of hydrogen-bond donors (Lipinski definition) is 0. The maximum atomic E-state index is 11.4. The Bertz CT molecular complexity index is 474. The van der Waals surface area contributed by atoms with E-state index in [0.29, 0.717) is 16.9 Å². The first kappa shape index (κ1) is 13.0. The van der Waals surface area contributed by atoms with Gasteiger partial charge in [0.15, 0.2) is 17.3 Å². The Morgan fingerprint density at radius 1 is 1.18 bits per heavy atom. The van der Waals surface area contributed by atoms with Crippen molar-refractivity contribution in [2.24, 2.45) is 0 Å². The van der Waals surface area contributed by atoms with Crippen molar-refractivity contribution in [2.45, 2.75) is 13.8 Å². The van der Waals surface area contributed by atoms with Crippen LogP contribution >= 0.6 is 0 Å². The maximum absolute atomic E-state index is 11.4. The zero-order valence-electron chi connectivity index (χ0n) is 10.1. The van der Waals surface area contributed by atoms with E-state index in [1.807, 2.05) is 0 Å². The minimum Gasteiger partial charge on any atom is -0.493 e. The molecule has 0 saturated carbocycles. The molecule has 0 N–H and O–H groups in total. The van der Waals surface area contributed by atoms with E-state index >= 15 is 0 Å². The smallest absolute Gasteiger partial charge is 0.338 e. The number of carbonyl (C=O) groups is 2. The minimum atomic E-state index is -0.529. The van der Waals surface area contributed by atoms with Crippen LogP contribution in [0.5, 0.6) is 11.5 Å². The normalized spacial score (nSPS) is 9.59. The molecule has 1 aromatic carbocycles. The molecule has 0 unspecified atom stereocenters. The number of rotatable bonds is 4. The van der Waals surface area contributed by atoms with Crippen molar-refractivity contribution >= 4 is 11.8 Å². The van der Waals surface area contributed by atoms with Crippen LogP contribution < -0.4 is 9.47 Å². The van der Waals surface area contributed by atoms with Gasteiger partial charge >= 0.3 is 5.97 Å². The molecule has 17 heavy (non-hydrogen) atoms. The summed E-state index contributed by atoms with van der Waals surface area (Å²) < 4.78 is 10.1. The predicted molar refractivity (Wildman–Crippen MR) is 63.4 cm³/mol. The van der Waals surface area contributed by atoms with Gasteiger partial charge in [0.2, 0.25) is 0 Å². The van der Waals surface area contributed by atoms with Crippen LogP contribution in [0.2, 0.25) is 0 Å². The van der Waals surface area contributed by atoms with Crippen LogP contribution in [0.3, 0.4) is 0 Å². The molecule has 1 aromatic rings. The van der Waals surface area contributed by atoms with E-state index in [4.69, 9.17) is 9.47 Å². The highest BCUT2D eigenvalue weighted by atomic mass is 16.6. The standard InChI is InChI=1S/C13H14O4/c1-8(2)13(15)17-11-6-5-10(9(3)14)7-12(11)16-4/h5-7H,1H2,2-4H3. The van der Waals surface area contributed by atoms with Crippen LogP contribution in [0.4, 0.5) is 0 Å². The number of ketones is 1. The summed E-state index contributed by atoms with van der Waals surface area (Å²) in [4.78, 5) is 22.5. The molecule has 0 radical (unpaired) electrons. The topological polar surface area (TPSA) is 52.6 Å². The summed E-state index contributed by atoms with van der Waals surface area (Å²) in [6, 6.07) is 4.63. The molecule has 0 bridgehead atoms. The Labute approximate surface area is 99.8 Å². The molecule has 0 heterocycles. The summed E-state index contributed by atoms with van der Waals surface area (Å²) >= 11 is 0. The van der Waals surface area contributed by atoms with E-state index in [9.17, 15) is 9.59 Å². The van der Waals surface area contributed by atoms with Gasteiger partial charge in [-0.25, -0.2) is 4.79 Å². The fourth-order valence-electron chi connectivity index (χ4n) is 1.16. The second-order valence-corrected chi connectivity index (χ2v) is 3.59. The van der Waals surface area contributed by atoms with Crippen molar-refractivity contribution in [1.29, 1.82) is 0 Å². The van der Waals surface area contributed by atoms with Gasteiger partial charge in [0, 0.05) is 11.1 Å². The summed E-state index contributed by atoms with van der Waals surface area (Å²) in [6.07, 6.45) is 0. The third-order valence-electron chi connectivity index (χ3n) is 2.12. The zero-order valence-corrected chi connectivity index (χ0v) is 10.1. The SMILES string of the molecule is C=C(C)C(=O)Oc1ccc(C(C)=O)cc1OC. The minimum absolute atomic E-state index is 0.0823. The molecule has 0 atom stereocenters. The number of esters is 1. The lowest BCUT2D eigenvalue weighted by atomic mass is 10.1.